The third-order valence-corrected chi connectivity index (χ3v) is 6.09. The van der Waals surface area contributed by atoms with E-state index in [1.54, 1.807) is 18.2 Å². The summed E-state index contributed by atoms with van der Waals surface area (Å²) in [4.78, 5) is 28.4. The molecule has 0 heterocycles. The van der Waals surface area contributed by atoms with E-state index in [2.05, 4.69) is 5.32 Å². The number of halogens is 1. The van der Waals surface area contributed by atoms with Gasteiger partial charge in [-0.05, 0) is 54.7 Å². The summed E-state index contributed by atoms with van der Waals surface area (Å²) in [6.07, 6.45) is 0.300. The molecule has 190 valence electrons. The minimum absolute atomic E-state index is 0.0472. The fourth-order valence-electron chi connectivity index (χ4n) is 3.82. The molecule has 0 aromatic heterocycles. The van der Waals surface area contributed by atoms with Gasteiger partial charge in [-0.3, -0.25) is 9.59 Å². The number of aryl methyl sites for hydroxylation is 2. The quantitative estimate of drug-likeness (QED) is 0.400. The lowest BCUT2D eigenvalue weighted by Gasteiger charge is -2.31. The average Bonchev–Trinajstić information content (AvgIpc) is 2.86. The lowest BCUT2D eigenvalue weighted by molar-refractivity contribution is -0.142. The van der Waals surface area contributed by atoms with Gasteiger partial charge in [0.2, 0.25) is 5.91 Å². The predicted molar refractivity (Wildman–Crippen MR) is 140 cm³/mol. The molecule has 1 N–H and O–H groups in total. The third-order valence-electron chi connectivity index (χ3n) is 6.09. The van der Waals surface area contributed by atoms with E-state index < -0.39 is 17.8 Å². The van der Waals surface area contributed by atoms with E-state index >= 15 is 0 Å². The molecule has 0 aliphatic carbocycles. The van der Waals surface area contributed by atoms with E-state index in [1.165, 1.54) is 11.0 Å². The van der Waals surface area contributed by atoms with Crippen molar-refractivity contribution < 1.29 is 18.7 Å². The smallest absolute Gasteiger partial charge is 0.261 e. The van der Waals surface area contributed by atoms with Crippen molar-refractivity contribution in [2.75, 3.05) is 13.2 Å². The molecule has 36 heavy (non-hydrogen) atoms. The van der Waals surface area contributed by atoms with Gasteiger partial charge in [-0.15, -0.1) is 0 Å². The maximum Gasteiger partial charge on any atom is 0.261 e. The van der Waals surface area contributed by atoms with Gasteiger partial charge in [0.1, 0.15) is 17.6 Å². The minimum atomic E-state index is -0.832. The van der Waals surface area contributed by atoms with Gasteiger partial charge in [0.15, 0.2) is 6.61 Å². The van der Waals surface area contributed by atoms with E-state index in [4.69, 9.17) is 4.74 Å². The van der Waals surface area contributed by atoms with Crippen LogP contribution in [0.3, 0.4) is 0 Å². The first-order chi connectivity index (χ1) is 17.2. The van der Waals surface area contributed by atoms with Crippen LogP contribution >= 0.6 is 0 Å². The second kappa shape index (κ2) is 12.9. The molecule has 1 atom stereocenters. The Morgan fingerprint density at radius 2 is 1.64 bits per heavy atom. The largest absolute Gasteiger partial charge is 0.484 e. The molecule has 0 aliphatic heterocycles. The van der Waals surface area contributed by atoms with Crippen LogP contribution in [0, 0.1) is 25.6 Å². The van der Waals surface area contributed by atoms with Crippen molar-refractivity contribution in [3.8, 4) is 5.75 Å². The number of ether oxygens (including phenoxy) is 1. The second-order valence-corrected chi connectivity index (χ2v) is 9.49. The van der Waals surface area contributed by atoms with E-state index in [1.807, 2.05) is 76.2 Å². The number of hydrogen-bond acceptors (Lipinski definition) is 3. The number of benzene rings is 3. The van der Waals surface area contributed by atoms with Crippen LogP contribution in [0.4, 0.5) is 4.39 Å². The number of hydrogen-bond donors (Lipinski definition) is 1. The molecule has 0 saturated carbocycles. The van der Waals surface area contributed by atoms with Crippen molar-refractivity contribution in [3.63, 3.8) is 0 Å². The molecule has 3 rings (SSSR count). The fourth-order valence-corrected chi connectivity index (χ4v) is 3.82. The van der Waals surface area contributed by atoms with Crippen LogP contribution in [-0.2, 0) is 22.6 Å². The van der Waals surface area contributed by atoms with Gasteiger partial charge in [-0.1, -0.05) is 68.4 Å². The van der Waals surface area contributed by atoms with Crippen LogP contribution in [0.15, 0.2) is 72.8 Å². The van der Waals surface area contributed by atoms with Crippen molar-refractivity contribution in [1.82, 2.24) is 10.2 Å². The Labute approximate surface area is 213 Å². The minimum Gasteiger partial charge on any atom is -0.484 e. The summed E-state index contributed by atoms with van der Waals surface area (Å²) in [6.45, 7) is 8.16. The molecule has 0 aliphatic rings. The van der Waals surface area contributed by atoms with Gasteiger partial charge in [0, 0.05) is 25.1 Å². The van der Waals surface area contributed by atoms with Crippen LogP contribution in [0.1, 0.15) is 36.1 Å². The highest BCUT2D eigenvalue weighted by Crippen LogP contribution is 2.19. The first-order valence-electron chi connectivity index (χ1n) is 12.3. The molecule has 3 aromatic rings. The van der Waals surface area contributed by atoms with Crippen molar-refractivity contribution >= 4 is 11.8 Å². The lowest BCUT2D eigenvalue weighted by atomic mass is 10.0. The zero-order valence-electron chi connectivity index (χ0n) is 21.5. The van der Waals surface area contributed by atoms with Crippen LogP contribution in [0.5, 0.6) is 5.75 Å². The Kier molecular flexibility index (Phi) is 9.62. The molecule has 0 fully saturated rings. The number of carbonyl (C=O) groups is 2. The van der Waals surface area contributed by atoms with Crippen LogP contribution in [0.25, 0.3) is 0 Å². The molecule has 0 spiro atoms. The monoisotopic (exact) mass is 490 g/mol. The second-order valence-electron chi connectivity index (χ2n) is 9.49. The summed E-state index contributed by atoms with van der Waals surface area (Å²) >= 11 is 0. The van der Waals surface area contributed by atoms with Crippen LogP contribution < -0.4 is 10.1 Å². The Morgan fingerprint density at radius 3 is 2.31 bits per heavy atom. The van der Waals surface area contributed by atoms with Crippen molar-refractivity contribution in [1.29, 1.82) is 0 Å². The van der Waals surface area contributed by atoms with Gasteiger partial charge in [-0.2, -0.15) is 0 Å². The molecule has 0 saturated heterocycles. The molecule has 5 nitrogen and oxygen atoms in total. The molecular formula is C30H35FN2O3. The fraction of sp³-hybridized carbons (Fsp3) is 0.333. The Balaban J connectivity index is 1.91. The number of carbonyl (C=O) groups excluding carboxylic acids is 2. The third kappa shape index (κ3) is 7.67. The molecule has 0 radical (unpaired) electrons. The topological polar surface area (TPSA) is 58.6 Å². The van der Waals surface area contributed by atoms with Gasteiger partial charge in [-0.25, -0.2) is 4.39 Å². The average molecular weight is 491 g/mol. The summed E-state index contributed by atoms with van der Waals surface area (Å²) in [5.74, 6) is -0.275. The van der Waals surface area contributed by atoms with Crippen molar-refractivity contribution in [2.45, 2.75) is 46.7 Å². The highest BCUT2D eigenvalue weighted by atomic mass is 19.1. The van der Waals surface area contributed by atoms with Crippen molar-refractivity contribution in [3.05, 3.63) is 101 Å². The van der Waals surface area contributed by atoms with Crippen LogP contribution in [0.2, 0.25) is 0 Å². The number of nitrogens with zero attached hydrogens (tertiary/aromatic N) is 1. The van der Waals surface area contributed by atoms with E-state index in [0.29, 0.717) is 24.3 Å². The van der Waals surface area contributed by atoms with Gasteiger partial charge in [0.25, 0.3) is 5.91 Å². The summed E-state index contributed by atoms with van der Waals surface area (Å²) < 4.78 is 20.4. The Hall–Kier alpha value is -3.67. The number of nitrogens with one attached hydrogen (secondary N) is 1. The molecular weight excluding hydrogens is 455 g/mol. The normalized spacial score (nSPS) is 11.7. The molecule has 0 unspecified atom stereocenters. The zero-order chi connectivity index (χ0) is 26.1. The summed E-state index contributed by atoms with van der Waals surface area (Å²) in [5.41, 5.74) is 3.42. The first kappa shape index (κ1) is 26.9. The Bertz CT molecular complexity index is 1160. The molecule has 6 heteroatoms. The maximum atomic E-state index is 14.6. The first-order valence-corrected chi connectivity index (χ1v) is 12.3. The van der Waals surface area contributed by atoms with Crippen LogP contribution in [-0.4, -0.2) is 35.9 Å². The highest BCUT2D eigenvalue weighted by Gasteiger charge is 2.31. The number of amides is 2. The molecule has 0 bridgehead atoms. The molecule has 2 amide bonds. The van der Waals surface area contributed by atoms with E-state index in [-0.39, 0.29) is 25.0 Å². The summed E-state index contributed by atoms with van der Waals surface area (Å²) in [5, 5.41) is 2.96. The number of rotatable bonds is 11. The lowest BCUT2D eigenvalue weighted by Crippen LogP contribution is -2.52. The SMILES string of the molecule is Cc1ccc(OCC(=O)N(Cc2ccccc2F)[C@@H](Cc2ccccc2)C(=O)NCC(C)C)cc1C. The van der Waals surface area contributed by atoms with Gasteiger partial charge >= 0.3 is 0 Å². The van der Waals surface area contributed by atoms with E-state index in [9.17, 15) is 14.0 Å². The summed E-state index contributed by atoms with van der Waals surface area (Å²) in [6, 6.07) is 20.6. The van der Waals surface area contributed by atoms with Crippen molar-refractivity contribution in [2.24, 2.45) is 5.92 Å². The van der Waals surface area contributed by atoms with E-state index in [0.717, 1.165) is 16.7 Å². The molecule has 3 aromatic carbocycles. The van der Waals surface area contributed by atoms with Gasteiger partial charge in [0.05, 0.1) is 0 Å². The highest BCUT2D eigenvalue weighted by molar-refractivity contribution is 5.88. The Morgan fingerprint density at radius 1 is 0.944 bits per heavy atom. The maximum absolute atomic E-state index is 14.6. The predicted octanol–water partition coefficient (Wildman–Crippen LogP) is 5.23. The summed E-state index contributed by atoms with van der Waals surface area (Å²) in [7, 11) is 0. The zero-order valence-corrected chi connectivity index (χ0v) is 21.5. The van der Waals surface area contributed by atoms with Gasteiger partial charge < -0.3 is 15.0 Å². The standard InChI is InChI=1S/C30H35FN2O3/c1-21(2)18-32-30(35)28(17-24-10-6-5-7-11-24)33(19-25-12-8-9-13-27(25)31)29(34)20-36-26-15-14-22(3)23(4)16-26/h5-16,21,28H,17-20H2,1-4H3,(H,32,35)/t28-/m0/s1.